The van der Waals surface area contributed by atoms with E-state index in [1.165, 1.54) is 11.1 Å². The van der Waals surface area contributed by atoms with Gasteiger partial charge in [0, 0.05) is 31.1 Å². The number of hydrogen-bond acceptors (Lipinski definition) is 3. The SMILES string of the molecule is Cc1cccc(CN2CCC(NC(=O)c3n[nH]c4ccc(C)cc34)CC2)c1. The zero-order chi connectivity index (χ0) is 18.8. The molecule has 0 aliphatic carbocycles. The topological polar surface area (TPSA) is 61.0 Å². The molecule has 1 saturated heterocycles. The Morgan fingerprint density at radius 3 is 2.70 bits per heavy atom. The van der Waals surface area contributed by atoms with Crippen LogP contribution in [-0.4, -0.2) is 40.1 Å². The second-order valence-corrected chi connectivity index (χ2v) is 7.63. The van der Waals surface area contributed by atoms with Crippen molar-refractivity contribution in [3.8, 4) is 0 Å². The zero-order valence-corrected chi connectivity index (χ0v) is 16.0. The maximum absolute atomic E-state index is 12.7. The van der Waals surface area contributed by atoms with E-state index in [9.17, 15) is 4.79 Å². The lowest BCUT2D eigenvalue weighted by molar-refractivity contribution is 0.0905. The van der Waals surface area contributed by atoms with Crippen molar-refractivity contribution in [3.63, 3.8) is 0 Å². The number of benzene rings is 2. The molecule has 0 saturated carbocycles. The molecule has 0 atom stereocenters. The van der Waals surface area contributed by atoms with Gasteiger partial charge in [0.15, 0.2) is 5.69 Å². The maximum Gasteiger partial charge on any atom is 0.272 e. The normalized spacial score (nSPS) is 15.9. The van der Waals surface area contributed by atoms with E-state index in [0.717, 1.165) is 48.9 Å². The van der Waals surface area contributed by atoms with Crippen molar-refractivity contribution in [1.29, 1.82) is 0 Å². The van der Waals surface area contributed by atoms with Crippen LogP contribution in [0.15, 0.2) is 42.5 Å². The fourth-order valence-electron chi connectivity index (χ4n) is 3.86. The number of aromatic amines is 1. The third kappa shape index (κ3) is 4.03. The Kier molecular flexibility index (Phi) is 4.94. The number of fused-ring (bicyclic) bond motifs is 1. The second-order valence-electron chi connectivity index (χ2n) is 7.63. The third-order valence-corrected chi connectivity index (χ3v) is 5.34. The highest BCUT2D eigenvalue weighted by molar-refractivity contribution is 6.04. The predicted molar refractivity (Wildman–Crippen MR) is 108 cm³/mol. The Labute approximate surface area is 159 Å². The summed E-state index contributed by atoms with van der Waals surface area (Å²) in [6.07, 6.45) is 1.94. The van der Waals surface area contributed by atoms with Gasteiger partial charge >= 0.3 is 0 Å². The van der Waals surface area contributed by atoms with Gasteiger partial charge in [0.1, 0.15) is 0 Å². The minimum Gasteiger partial charge on any atom is -0.348 e. The summed E-state index contributed by atoms with van der Waals surface area (Å²) in [5.74, 6) is -0.0796. The van der Waals surface area contributed by atoms with Crippen molar-refractivity contribution in [2.75, 3.05) is 13.1 Å². The number of amides is 1. The van der Waals surface area contributed by atoms with Crippen LogP contribution < -0.4 is 5.32 Å². The number of likely N-dealkylation sites (tertiary alicyclic amines) is 1. The van der Waals surface area contributed by atoms with E-state index < -0.39 is 0 Å². The molecular formula is C22H26N4O. The fourth-order valence-corrected chi connectivity index (χ4v) is 3.86. The van der Waals surface area contributed by atoms with Gasteiger partial charge in [0.25, 0.3) is 5.91 Å². The van der Waals surface area contributed by atoms with Crippen molar-refractivity contribution in [2.45, 2.75) is 39.3 Å². The number of nitrogens with zero attached hydrogens (tertiary/aromatic N) is 2. The van der Waals surface area contributed by atoms with Crippen LogP contribution in [0, 0.1) is 13.8 Å². The molecule has 0 bridgehead atoms. The molecule has 1 fully saturated rings. The van der Waals surface area contributed by atoms with E-state index >= 15 is 0 Å². The lowest BCUT2D eigenvalue weighted by atomic mass is 10.0. The zero-order valence-electron chi connectivity index (χ0n) is 16.0. The fraction of sp³-hybridized carbons (Fsp3) is 0.364. The van der Waals surface area contributed by atoms with Gasteiger partial charge in [0.05, 0.1) is 5.52 Å². The molecule has 2 heterocycles. The molecule has 2 N–H and O–H groups in total. The van der Waals surface area contributed by atoms with E-state index in [4.69, 9.17) is 0 Å². The first kappa shape index (κ1) is 17.7. The number of aromatic nitrogens is 2. The molecule has 140 valence electrons. The van der Waals surface area contributed by atoms with E-state index in [1.54, 1.807) is 0 Å². The van der Waals surface area contributed by atoms with Gasteiger partial charge in [-0.3, -0.25) is 14.8 Å². The van der Waals surface area contributed by atoms with Gasteiger partial charge in [-0.2, -0.15) is 5.10 Å². The van der Waals surface area contributed by atoms with Crippen LogP contribution in [0.5, 0.6) is 0 Å². The molecule has 1 amide bonds. The molecule has 0 spiro atoms. The van der Waals surface area contributed by atoms with Crippen LogP contribution >= 0.6 is 0 Å². The van der Waals surface area contributed by atoms with E-state index in [2.05, 4.69) is 51.6 Å². The molecule has 1 aliphatic heterocycles. The van der Waals surface area contributed by atoms with Crippen LogP contribution in [0.25, 0.3) is 10.9 Å². The molecule has 5 nitrogen and oxygen atoms in total. The van der Waals surface area contributed by atoms with Gasteiger partial charge in [-0.1, -0.05) is 41.5 Å². The summed E-state index contributed by atoms with van der Waals surface area (Å²) in [4.78, 5) is 15.2. The highest BCUT2D eigenvalue weighted by Gasteiger charge is 2.23. The van der Waals surface area contributed by atoms with E-state index in [-0.39, 0.29) is 11.9 Å². The number of H-pyrrole nitrogens is 1. The molecule has 0 radical (unpaired) electrons. The monoisotopic (exact) mass is 362 g/mol. The second kappa shape index (κ2) is 7.53. The summed E-state index contributed by atoms with van der Waals surface area (Å²) < 4.78 is 0. The molecule has 1 aliphatic rings. The smallest absolute Gasteiger partial charge is 0.272 e. The van der Waals surface area contributed by atoms with Crippen LogP contribution in [0.1, 0.15) is 40.0 Å². The van der Waals surface area contributed by atoms with Crippen molar-refractivity contribution in [1.82, 2.24) is 20.4 Å². The minimum absolute atomic E-state index is 0.0796. The van der Waals surface area contributed by atoms with Gasteiger partial charge in [-0.05, 0) is 44.4 Å². The lowest BCUT2D eigenvalue weighted by Crippen LogP contribution is -2.44. The quantitative estimate of drug-likeness (QED) is 0.746. The van der Waals surface area contributed by atoms with Crippen LogP contribution in [0.4, 0.5) is 0 Å². The minimum atomic E-state index is -0.0796. The molecule has 3 aromatic rings. The molecule has 2 aromatic carbocycles. The van der Waals surface area contributed by atoms with Crippen molar-refractivity contribution >= 4 is 16.8 Å². The average Bonchev–Trinajstić information content (AvgIpc) is 3.06. The molecule has 1 aromatic heterocycles. The van der Waals surface area contributed by atoms with Crippen LogP contribution in [0.2, 0.25) is 0 Å². The Bertz CT molecular complexity index is 954. The molecule has 27 heavy (non-hydrogen) atoms. The number of carbonyl (C=O) groups excluding carboxylic acids is 1. The molecular weight excluding hydrogens is 336 g/mol. The first-order valence-electron chi connectivity index (χ1n) is 9.62. The summed E-state index contributed by atoms with van der Waals surface area (Å²) in [5.41, 5.74) is 5.18. The van der Waals surface area contributed by atoms with Crippen molar-refractivity contribution in [3.05, 3.63) is 64.8 Å². The number of carbonyl (C=O) groups is 1. The van der Waals surface area contributed by atoms with Crippen molar-refractivity contribution < 1.29 is 4.79 Å². The molecule has 5 heteroatoms. The summed E-state index contributed by atoms with van der Waals surface area (Å²) in [5, 5.41) is 11.3. The summed E-state index contributed by atoms with van der Waals surface area (Å²) >= 11 is 0. The van der Waals surface area contributed by atoms with Gasteiger partial charge in [-0.15, -0.1) is 0 Å². The molecule has 4 rings (SSSR count). The summed E-state index contributed by atoms with van der Waals surface area (Å²) in [6, 6.07) is 14.9. The number of nitrogens with one attached hydrogen (secondary N) is 2. The summed E-state index contributed by atoms with van der Waals surface area (Å²) in [6.45, 7) is 7.13. The Morgan fingerprint density at radius 1 is 1.15 bits per heavy atom. The first-order chi connectivity index (χ1) is 13.1. The largest absolute Gasteiger partial charge is 0.348 e. The van der Waals surface area contributed by atoms with Gasteiger partial charge in [-0.25, -0.2) is 0 Å². The average molecular weight is 362 g/mol. The Morgan fingerprint density at radius 2 is 1.93 bits per heavy atom. The van der Waals surface area contributed by atoms with Crippen LogP contribution in [-0.2, 0) is 6.54 Å². The van der Waals surface area contributed by atoms with E-state index in [0.29, 0.717) is 5.69 Å². The Balaban J connectivity index is 1.34. The standard InChI is InChI=1S/C22H26N4O/c1-15-4-3-5-17(12-15)14-26-10-8-18(9-11-26)23-22(27)21-19-13-16(2)6-7-20(19)24-25-21/h3-7,12-13,18H,8-11,14H2,1-2H3,(H,23,27)(H,24,25). The van der Waals surface area contributed by atoms with Crippen molar-refractivity contribution in [2.24, 2.45) is 0 Å². The lowest BCUT2D eigenvalue weighted by Gasteiger charge is -2.32. The third-order valence-electron chi connectivity index (χ3n) is 5.34. The van der Waals surface area contributed by atoms with Gasteiger partial charge in [0.2, 0.25) is 0 Å². The first-order valence-corrected chi connectivity index (χ1v) is 9.62. The summed E-state index contributed by atoms with van der Waals surface area (Å²) in [7, 11) is 0. The maximum atomic E-state index is 12.7. The number of piperidine rings is 1. The number of aryl methyl sites for hydroxylation is 2. The number of hydrogen-bond donors (Lipinski definition) is 2. The molecule has 0 unspecified atom stereocenters. The highest BCUT2D eigenvalue weighted by atomic mass is 16.2. The van der Waals surface area contributed by atoms with Crippen LogP contribution in [0.3, 0.4) is 0 Å². The van der Waals surface area contributed by atoms with Gasteiger partial charge < -0.3 is 5.32 Å². The predicted octanol–water partition coefficient (Wildman–Crippen LogP) is 3.57. The Hall–Kier alpha value is -2.66. The highest BCUT2D eigenvalue weighted by Crippen LogP contribution is 2.19. The van der Waals surface area contributed by atoms with E-state index in [1.807, 2.05) is 25.1 Å². The number of rotatable bonds is 4.